The molecule has 4 atom stereocenters. The van der Waals surface area contributed by atoms with Gasteiger partial charge in [-0.15, -0.1) is 0 Å². The molecule has 0 saturated carbocycles. The van der Waals surface area contributed by atoms with Crippen molar-refractivity contribution in [3.05, 3.63) is 93.4 Å². The number of piperazine rings is 2. The maximum Gasteiger partial charge on any atom is 0.212 e. The summed E-state index contributed by atoms with van der Waals surface area (Å²) >= 11 is 6.82. The number of carbonyl (C=O) groups excluding carboxylic acids is 1. The Balaban J connectivity index is 0.000000150. The molecule has 4 aromatic heterocycles. The predicted octanol–water partition coefficient (Wildman–Crippen LogP) is 5.01. The summed E-state index contributed by atoms with van der Waals surface area (Å²) < 4.78 is 53.0. The van der Waals surface area contributed by atoms with Crippen LogP contribution < -0.4 is 24.6 Å². The van der Waals surface area contributed by atoms with E-state index in [9.17, 15) is 4.79 Å². The zero-order chi connectivity index (χ0) is 37.8. The topological polar surface area (TPSA) is 109 Å². The van der Waals surface area contributed by atoms with Crippen LogP contribution in [-0.4, -0.2) is 95.5 Å². The fraction of sp³-hybridized carbons (Fsp3) is 0.382. The number of rotatable bonds is 7. The number of aldehydes is 1. The molecule has 10 heterocycles. The summed E-state index contributed by atoms with van der Waals surface area (Å²) in [6.07, 6.45) is 9.81. The minimum Gasteiger partial charge on any atom is -0.481 e. The second-order valence-corrected chi connectivity index (χ2v) is 13.6. The van der Waals surface area contributed by atoms with E-state index in [1.165, 1.54) is 31.2 Å². The molecule has 0 radical (unpaired) electrons. The standard InChI is InChI=1S/C17H19BrN4O.C10H12BrN3.C7H7NO2/c1-23-17-5-2-12(7-20-17)9-22-14-6-15(22)11-21(10-14)16-4-3-13(18)8-19-16;11-7-1-2-10(12-4-7)14-5-8-3-9(6-14)13-8;1-10-7-3-2-6(5-9)4-8-7/h2-5,7-8,14-15H,6,9-11H2,1H3;1-2,4,8-9,13H,3,5-6H2;2-5H,1H3/i1D3;;1D3. The number of anilines is 2. The molecule has 6 fully saturated rings. The summed E-state index contributed by atoms with van der Waals surface area (Å²) in [7, 11) is -4.97. The first-order valence-corrected chi connectivity index (χ1v) is 16.8. The van der Waals surface area contributed by atoms with Crippen LogP contribution in [0, 0.1) is 0 Å². The molecule has 0 amide bonds. The van der Waals surface area contributed by atoms with Gasteiger partial charge in [-0.1, -0.05) is 6.07 Å². The number of nitrogens with zero attached hydrogens (tertiary/aromatic N) is 7. The number of nitrogens with one attached hydrogen (secondary N) is 1. The third kappa shape index (κ3) is 8.45. The van der Waals surface area contributed by atoms with Gasteiger partial charge in [0, 0.05) is 108 Å². The van der Waals surface area contributed by atoms with Crippen LogP contribution in [-0.2, 0) is 6.54 Å². The van der Waals surface area contributed by atoms with E-state index in [1.807, 2.05) is 30.6 Å². The average molecular weight is 773 g/mol. The predicted molar refractivity (Wildman–Crippen MR) is 188 cm³/mol. The number of aromatic nitrogens is 4. The van der Waals surface area contributed by atoms with Gasteiger partial charge in [-0.05, 0) is 80.6 Å². The highest BCUT2D eigenvalue weighted by Gasteiger charge is 2.44. The summed E-state index contributed by atoms with van der Waals surface area (Å²) in [5.74, 6) is 2.23. The Labute approximate surface area is 300 Å². The van der Waals surface area contributed by atoms with Crippen LogP contribution in [0.1, 0.15) is 37.0 Å². The summed E-state index contributed by atoms with van der Waals surface area (Å²) in [6.45, 7) is 4.96. The molecule has 4 unspecified atom stereocenters. The highest BCUT2D eigenvalue weighted by Crippen LogP contribution is 2.35. The van der Waals surface area contributed by atoms with E-state index < -0.39 is 14.1 Å². The van der Waals surface area contributed by atoms with Crippen molar-refractivity contribution >= 4 is 49.8 Å². The lowest BCUT2D eigenvalue weighted by atomic mass is 9.87. The first-order valence-electron chi connectivity index (χ1n) is 18.2. The Morgan fingerprint density at radius 3 is 1.81 bits per heavy atom. The summed E-state index contributed by atoms with van der Waals surface area (Å²) in [5.41, 5.74) is 1.44. The number of fused-ring (bicyclic) bond motifs is 4. The molecule has 0 aromatic carbocycles. The molecule has 0 spiro atoms. The highest BCUT2D eigenvalue weighted by atomic mass is 79.9. The van der Waals surface area contributed by atoms with Gasteiger partial charge in [-0.2, -0.15) is 0 Å². The fourth-order valence-electron chi connectivity index (χ4n) is 6.24. The van der Waals surface area contributed by atoms with Crippen molar-refractivity contribution in [3.8, 4) is 11.8 Å². The summed E-state index contributed by atoms with van der Waals surface area (Å²) in [6, 6.07) is 16.9. The third-order valence-corrected chi connectivity index (χ3v) is 9.54. The Bertz CT molecular complexity index is 1780. The molecule has 4 bridgehead atoms. The van der Waals surface area contributed by atoms with Crippen LogP contribution in [0.2, 0.25) is 0 Å². The van der Waals surface area contributed by atoms with Crippen molar-refractivity contribution in [3.63, 3.8) is 0 Å². The van der Waals surface area contributed by atoms with E-state index in [1.54, 1.807) is 12.3 Å². The van der Waals surface area contributed by atoms with Gasteiger partial charge in [0.05, 0.1) is 22.3 Å². The maximum atomic E-state index is 10.2. The average Bonchev–Trinajstić information content (AvgIpc) is 3.11. The Morgan fingerprint density at radius 2 is 1.34 bits per heavy atom. The number of hydrogen-bond acceptors (Lipinski definition) is 11. The van der Waals surface area contributed by atoms with Crippen molar-refractivity contribution in [2.24, 2.45) is 0 Å². The second-order valence-electron chi connectivity index (χ2n) is 11.7. The molecule has 4 aromatic rings. The molecule has 1 N–H and O–H groups in total. The van der Waals surface area contributed by atoms with Gasteiger partial charge in [0.25, 0.3) is 0 Å². The molecule has 246 valence electrons. The van der Waals surface area contributed by atoms with E-state index >= 15 is 0 Å². The number of pyridine rings is 4. The minimum atomic E-state index is -2.50. The Hall–Kier alpha value is -3.65. The van der Waals surface area contributed by atoms with E-state index in [0.29, 0.717) is 36.0 Å². The highest BCUT2D eigenvalue weighted by molar-refractivity contribution is 9.10. The molecule has 0 aliphatic carbocycles. The maximum absolute atomic E-state index is 10.2. The molecular formula is C34H38Br2N8O3. The smallest absolute Gasteiger partial charge is 0.212 e. The number of halogens is 2. The molecule has 47 heavy (non-hydrogen) atoms. The van der Waals surface area contributed by atoms with Crippen LogP contribution in [0.15, 0.2) is 82.3 Å². The zero-order valence-corrected chi connectivity index (χ0v) is 28.5. The quantitative estimate of drug-likeness (QED) is 0.257. The molecule has 6 saturated heterocycles. The Kier molecular flexibility index (Phi) is 8.68. The van der Waals surface area contributed by atoms with Gasteiger partial charge in [-0.25, -0.2) is 19.9 Å². The molecule has 11 nitrogen and oxygen atoms in total. The van der Waals surface area contributed by atoms with Crippen molar-refractivity contribution in [1.29, 1.82) is 0 Å². The monoisotopic (exact) mass is 770 g/mol. The van der Waals surface area contributed by atoms with Gasteiger partial charge >= 0.3 is 0 Å². The fourth-order valence-corrected chi connectivity index (χ4v) is 6.71. The van der Waals surface area contributed by atoms with Crippen LogP contribution in [0.3, 0.4) is 0 Å². The van der Waals surface area contributed by atoms with Gasteiger partial charge in [-0.3, -0.25) is 9.69 Å². The first-order chi connectivity index (χ1) is 25.2. The van der Waals surface area contributed by atoms with Gasteiger partial charge in [0.1, 0.15) is 11.6 Å². The van der Waals surface area contributed by atoms with Crippen molar-refractivity contribution in [2.75, 3.05) is 50.1 Å². The first kappa shape index (κ1) is 26.3. The van der Waals surface area contributed by atoms with E-state index in [2.05, 4.69) is 88.7 Å². The second kappa shape index (κ2) is 15.5. The number of methoxy groups -OCH3 is 2. The van der Waals surface area contributed by atoms with Crippen LogP contribution in [0.25, 0.3) is 0 Å². The van der Waals surface area contributed by atoms with E-state index in [0.717, 1.165) is 58.9 Å². The molecule has 10 rings (SSSR count). The molecule has 6 aliphatic rings. The van der Waals surface area contributed by atoms with Crippen molar-refractivity contribution in [1.82, 2.24) is 30.2 Å². The largest absolute Gasteiger partial charge is 0.481 e. The van der Waals surface area contributed by atoms with Gasteiger partial charge < -0.3 is 24.6 Å². The number of piperidine rings is 2. The van der Waals surface area contributed by atoms with Crippen LogP contribution in [0.4, 0.5) is 11.6 Å². The van der Waals surface area contributed by atoms with Crippen molar-refractivity contribution < 1.29 is 22.5 Å². The van der Waals surface area contributed by atoms with E-state index in [4.69, 9.17) is 13.0 Å². The lowest BCUT2D eigenvalue weighted by molar-refractivity contribution is -0.00877. The third-order valence-electron chi connectivity index (χ3n) is 8.61. The molecule has 13 heteroatoms. The lowest BCUT2D eigenvalue weighted by Gasteiger charge is -2.56. The zero-order valence-electron chi connectivity index (χ0n) is 31.4. The van der Waals surface area contributed by atoms with Crippen LogP contribution >= 0.6 is 31.9 Å². The number of carbonyl (C=O) groups is 1. The number of ether oxygens (including phenoxy) is 2. The lowest BCUT2D eigenvalue weighted by Crippen LogP contribution is -2.68. The van der Waals surface area contributed by atoms with Gasteiger partial charge in [0.15, 0.2) is 6.29 Å². The molecular weight excluding hydrogens is 728 g/mol. The SMILES string of the molecule is Brc1ccc(N2CC3CC(C2)N3)nc1.[2H]C([2H])([2H])Oc1ccc(C=O)cn1.[2H]C([2H])([2H])Oc1ccc(CN2C3CC2CN(c2ccc(Br)cn2)C3)cn1. The van der Waals surface area contributed by atoms with Crippen LogP contribution in [0.5, 0.6) is 11.8 Å². The molecule has 6 aliphatic heterocycles. The summed E-state index contributed by atoms with van der Waals surface area (Å²) in [5, 5.41) is 3.51. The normalized spacial score (nSPS) is 24.7. The Morgan fingerprint density at radius 1 is 0.766 bits per heavy atom. The van der Waals surface area contributed by atoms with Gasteiger partial charge in [0.2, 0.25) is 11.8 Å². The summed E-state index contributed by atoms with van der Waals surface area (Å²) in [4.78, 5) is 34.0. The van der Waals surface area contributed by atoms with Crippen molar-refractivity contribution in [2.45, 2.75) is 43.6 Å². The minimum absolute atomic E-state index is 0.0226. The van der Waals surface area contributed by atoms with E-state index in [-0.39, 0.29) is 11.8 Å². The number of hydrogen-bond donors (Lipinski definition) is 1.